The summed E-state index contributed by atoms with van der Waals surface area (Å²) in [5.74, 6) is 0. The van der Waals surface area contributed by atoms with Gasteiger partial charge in [0.25, 0.3) is 0 Å². The number of benzene rings is 8. The fourth-order valence-corrected chi connectivity index (χ4v) is 10.0. The summed E-state index contributed by atoms with van der Waals surface area (Å²) in [4.78, 5) is 4.88. The van der Waals surface area contributed by atoms with E-state index in [0.29, 0.717) is 0 Å². The van der Waals surface area contributed by atoms with E-state index in [-0.39, 0.29) is 10.8 Å². The number of rotatable bonds is 6. The van der Waals surface area contributed by atoms with Gasteiger partial charge in [-0.05, 0) is 179 Å². The second-order valence-corrected chi connectivity index (χ2v) is 17.8. The summed E-state index contributed by atoms with van der Waals surface area (Å²) >= 11 is 0. The Morgan fingerprint density at radius 3 is 1.29 bits per heavy atom. The van der Waals surface area contributed by atoms with Crippen LogP contribution in [0.4, 0.5) is 34.1 Å². The maximum atomic E-state index is 2.56. The van der Waals surface area contributed by atoms with Gasteiger partial charge in [0.1, 0.15) is 0 Å². The molecule has 8 aromatic carbocycles. The maximum absolute atomic E-state index is 2.56. The van der Waals surface area contributed by atoms with Crippen LogP contribution in [0.15, 0.2) is 158 Å². The molecule has 2 aliphatic rings. The number of fused-ring (bicyclic) bond motifs is 8. The van der Waals surface area contributed by atoms with E-state index in [1.165, 1.54) is 112 Å². The lowest BCUT2D eigenvalue weighted by Gasteiger charge is -2.30. The predicted molar refractivity (Wildman–Crippen MR) is 247 cm³/mol. The third-order valence-electron chi connectivity index (χ3n) is 13.0. The highest BCUT2D eigenvalue weighted by atomic mass is 15.1. The lowest BCUT2D eigenvalue weighted by molar-refractivity contribution is 0.652. The number of aryl methyl sites for hydroxylation is 4. The molecule has 0 heterocycles. The predicted octanol–water partition coefficient (Wildman–Crippen LogP) is 15.6. The normalized spacial score (nSPS) is 14.1. The first-order valence-electron chi connectivity index (χ1n) is 20.7. The van der Waals surface area contributed by atoms with E-state index in [1.54, 1.807) is 0 Å². The molecular weight excluding hydrogens is 701 g/mol. The summed E-state index contributed by atoms with van der Waals surface area (Å²) in [5.41, 5.74) is 22.6. The van der Waals surface area contributed by atoms with E-state index in [4.69, 9.17) is 0 Å². The fraction of sp³-hybridized carbons (Fsp3) is 0.179. The average Bonchev–Trinajstić information content (AvgIpc) is 3.56. The highest BCUT2D eigenvalue weighted by Crippen LogP contribution is 2.59. The van der Waals surface area contributed by atoms with E-state index in [1.807, 2.05) is 0 Å². The van der Waals surface area contributed by atoms with E-state index in [2.05, 4.69) is 223 Å². The van der Waals surface area contributed by atoms with Gasteiger partial charge in [-0.25, -0.2) is 0 Å². The van der Waals surface area contributed by atoms with Crippen LogP contribution in [-0.4, -0.2) is 0 Å². The molecular formula is C56H50N2. The van der Waals surface area contributed by atoms with E-state index >= 15 is 0 Å². The first-order chi connectivity index (χ1) is 27.9. The molecule has 10 rings (SSSR count). The molecule has 0 radical (unpaired) electrons. The molecule has 0 bridgehead atoms. The first kappa shape index (κ1) is 36.0. The van der Waals surface area contributed by atoms with Gasteiger partial charge in [0, 0.05) is 44.7 Å². The SMILES string of the molecule is Cc1cccc(N(c2cccc(C)c2)c2ccc3c(c2)C(C)(C)c2cc4c(cc2-3)C(C)(C)c2cc(N(c3cccc(C)c3)c3cccc(C)c3)c3ccccc3c2-4)c1. The van der Waals surface area contributed by atoms with Gasteiger partial charge in [-0.2, -0.15) is 0 Å². The van der Waals surface area contributed by atoms with Crippen LogP contribution in [0.3, 0.4) is 0 Å². The van der Waals surface area contributed by atoms with E-state index in [9.17, 15) is 0 Å². The molecule has 0 fully saturated rings. The molecule has 58 heavy (non-hydrogen) atoms. The van der Waals surface area contributed by atoms with Crippen LogP contribution in [0.5, 0.6) is 0 Å². The van der Waals surface area contributed by atoms with Crippen molar-refractivity contribution in [3.8, 4) is 22.3 Å². The summed E-state index contributed by atoms with van der Waals surface area (Å²) < 4.78 is 0. The summed E-state index contributed by atoms with van der Waals surface area (Å²) in [6, 6.07) is 59.4. The van der Waals surface area contributed by atoms with Gasteiger partial charge in [-0.3, -0.25) is 0 Å². The van der Waals surface area contributed by atoms with E-state index < -0.39 is 0 Å². The molecule has 8 aromatic rings. The van der Waals surface area contributed by atoms with Crippen molar-refractivity contribution >= 4 is 44.9 Å². The zero-order chi connectivity index (χ0) is 40.1. The molecule has 2 aliphatic carbocycles. The van der Waals surface area contributed by atoms with Gasteiger partial charge in [-0.1, -0.05) is 107 Å². The fourth-order valence-electron chi connectivity index (χ4n) is 10.0. The van der Waals surface area contributed by atoms with Gasteiger partial charge in [0.15, 0.2) is 0 Å². The molecule has 0 N–H and O–H groups in total. The quantitative estimate of drug-likeness (QED) is 0.167. The third kappa shape index (κ3) is 5.53. The summed E-state index contributed by atoms with van der Waals surface area (Å²) in [6.07, 6.45) is 0. The highest BCUT2D eigenvalue weighted by Gasteiger charge is 2.43. The van der Waals surface area contributed by atoms with Gasteiger partial charge < -0.3 is 9.80 Å². The second kappa shape index (κ2) is 13.1. The van der Waals surface area contributed by atoms with Crippen molar-refractivity contribution in [1.82, 2.24) is 0 Å². The smallest absolute Gasteiger partial charge is 0.0543 e. The number of nitrogens with zero attached hydrogens (tertiary/aromatic N) is 2. The zero-order valence-electron chi connectivity index (χ0n) is 34.9. The van der Waals surface area contributed by atoms with Crippen molar-refractivity contribution in [2.75, 3.05) is 9.80 Å². The molecule has 2 heteroatoms. The van der Waals surface area contributed by atoms with Crippen LogP contribution in [0.25, 0.3) is 33.0 Å². The number of anilines is 6. The Balaban J connectivity index is 1.15. The molecule has 0 saturated heterocycles. The van der Waals surface area contributed by atoms with Crippen LogP contribution in [0.2, 0.25) is 0 Å². The lowest BCUT2D eigenvalue weighted by atomic mass is 9.79. The molecule has 0 amide bonds. The molecule has 284 valence electrons. The molecule has 0 aromatic heterocycles. The van der Waals surface area contributed by atoms with Gasteiger partial charge in [-0.15, -0.1) is 0 Å². The monoisotopic (exact) mass is 750 g/mol. The van der Waals surface area contributed by atoms with Crippen molar-refractivity contribution in [2.45, 2.75) is 66.2 Å². The standard InChI is InChI=1S/C56H50N2/c1-35-15-11-19-39(27-35)57(40-20-12-16-36(2)28-40)43-25-26-44-47-32-51-48(33-50(47)55(5,6)49(44)31-43)54-46-24-10-9-23-45(46)53(34-52(54)56(51,7)8)58(41-21-13-17-37(3)29-41)42-22-14-18-38(4)30-42/h9-34H,1-8H3. The van der Waals surface area contributed by atoms with Crippen LogP contribution in [0.1, 0.15) is 72.2 Å². The Hall–Kier alpha value is -6.38. The highest BCUT2D eigenvalue weighted by molar-refractivity contribution is 6.10. The van der Waals surface area contributed by atoms with Gasteiger partial charge in [0.2, 0.25) is 0 Å². The van der Waals surface area contributed by atoms with Crippen LogP contribution in [0, 0.1) is 27.7 Å². The number of hydrogen-bond donors (Lipinski definition) is 0. The minimum atomic E-state index is -0.219. The van der Waals surface area contributed by atoms with Crippen molar-refractivity contribution in [3.05, 3.63) is 202 Å². The van der Waals surface area contributed by atoms with Crippen molar-refractivity contribution in [3.63, 3.8) is 0 Å². The minimum absolute atomic E-state index is 0.198. The summed E-state index contributed by atoms with van der Waals surface area (Å²) in [6.45, 7) is 18.4. The minimum Gasteiger partial charge on any atom is -0.310 e. The molecule has 0 atom stereocenters. The largest absolute Gasteiger partial charge is 0.310 e. The first-order valence-corrected chi connectivity index (χ1v) is 20.7. The van der Waals surface area contributed by atoms with Crippen LogP contribution < -0.4 is 9.80 Å². The van der Waals surface area contributed by atoms with Crippen molar-refractivity contribution in [1.29, 1.82) is 0 Å². The molecule has 0 spiro atoms. The molecule has 0 saturated carbocycles. The number of hydrogen-bond acceptors (Lipinski definition) is 2. The van der Waals surface area contributed by atoms with Crippen LogP contribution in [-0.2, 0) is 10.8 Å². The summed E-state index contributed by atoms with van der Waals surface area (Å²) in [7, 11) is 0. The van der Waals surface area contributed by atoms with Crippen LogP contribution >= 0.6 is 0 Å². The molecule has 2 nitrogen and oxygen atoms in total. The molecule has 0 aliphatic heterocycles. The van der Waals surface area contributed by atoms with Gasteiger partial charge in [0.05, 0.1) is 5.69 Å². The molecule has 0 unspecified atom stereocenters. The summed E-state index contributed by atoms with van der Waals surface area (Å²) in [5, 5.41) is 2.56. The Morgan fingerprint density at radius 2 is 0.759 bits per heavy atom. The maximum Gasteiger partial charge on any atom is 0.0543 e. The van der Waals surface area contributed by atoms with E-state index in [0.717, 1.165) is 0 Å². The Bertz CT molecular complexity index is 2870. The van der Waals surface area contributed by atoms with Gasteiger partial charge >= 0.3 is 0 Å². The third-order valence-corrected chi connectivity index (χ3v) is 13.0. The Labute approximate surface area is 344 Å². The van der Waals surface area contributed by atoms with Crippen molar-refractivity contribution in [2.24, 2.45) is 0 Å². The lowest BCUT2D eigenvalue weighted by Crippen LogP contribution is -2.18. The average molecular weight is 751 g/mol. The topological polar surface area (TPSA) is 6.48 Å². The zero-order valence-corrected chi connectivity index (χ0v) is 34.9. The second-order valence-electron chi connectivity index (χ2n) is 17.8. The Morgan fingerprint density at radius 1 is 0.328 bits per heavy atom. The Kier molecular flexibility index (Phi) is 8.12. The van der Waals surface area contributed by atoms with Crippen molar-refractivity contribution < 1.29 is 0 Å².